The Morgan fingerprint density at radius 3 is 2.52 bits per heavy atom. The molecule has 0 saturated carbocycles. The van der Waals surface area contributed by atoms with E-state index in [9.17, 15) is 9.59 Å². The van der Waals surface area contributed by atoms with Crippen LogP contribution in [0.3, 0.4) is 0 Å². The van der Waals surface area contributed by atoms with Gasteiger partial charge in [0.15, 0.2) is 6.61 Å². The molecule has 0 aliphatic heterocycles. The second kappa shape index (κ2) is 10.1. The van der Waals surface area contributed by atoms with Crippen molar-refractivity contribution in [3.63, 3.8) is 0 Å². The predicted octanol–water partition coefficient (Wildman–Crippen LogP) is 3.69. The third-order valence-corrected chi connectivity index (χ3v) is 4.66. The maximum absolute atomic E-state index is 12.8. The summed E-state index contributed by atoms with van der Waals surface area (Å²) in [5, 5.41) is 2.78. The molecule has 0 radical (unpaired) electrons. The fourth-order valence-corrected chi connectivity index (χ4v) is 2.89. The Bertz CT molecular complexity index is 777. The van der Waals surface area contributed by atoms with Gasteiger partial charge in [-0.3, -0.25) is 9.59 Å². The minimum atomic E-state index is -0.595. The summed E-state index contributed by atoms with van der Waals surface area (Å²) in [6.45, 7) is 6.28. The van der Waals surface area contributed by atoms with Crippen LogP contribution in [0.15, 0.2) is 53.0 Å². The van der Waals surface area contributed by atoms with Crippen molar-refractivity contribution in [3.05, 3.63) is 64.1 Å². The maximum Gasteiger partial charge on any atom is 0.261 e. The van der Waals surface area contributed by atoms with Gasteiger partial charge in [0.05, 0.1) is 0 Å². The lowest BCUT2D eigenvalue weighted by atomic mass is 10.1. The molecule has 0 aliphatic carbocycles. The highest BCUT2D eigenvalue weighted by Gasteiger charge is 2.26. The SMILES string of the molecule is CCNC(=O)[C@H](C)N(Cc1ccc(Br)cc1)C(=O)COc1cccc(C)c1. The van der Waals surface area contributed by atoms with E-state index in [2.05, 4.69) is 21.2 Å². The van der Waals surface area contributed by atoms with Crippen LogP contribution in [0.1, 0.15) is 25.0 Å². The summed E-state index contributed by atoms with van der Waals surface area (Å²) in [5.74, 6) is 0.217. The summed E-state index contributed by atoms with van der Waals surface area (Å²) >= 11 is 3.41. The summed E-state index contributed by atoms with van der Waals surface area (Å²) < 4.78 is 6.61. The number of halogens is 1. The number of rotatable bonds is 8. The summed E-state index contributed by atoms with van der Waals surface area (Å²) in [6.07, 6.45) is 0. The van der Waals surface area contributed by atoms with Gasteiger partial charge in [0.25, 0.3) is 5.91 Å². The highest BCUT2D eigenvalue weighted by Crippen LogP contribution is 2.16. The third-order valence-electron chi connectivity index (χ3n) is 4.14. The zero-order valence-corrected chi connectivity index (χ0v) is 17.5. The van der Waals surface area contributed by atoms with Crippen molar-refractivity contribution in [1.82, 2.24) is 10.2 Å². The van der Waals surface area contributed by atoms with Gasteiger partial charge in [0, 0.05) is 17.6 Å². The van der Waals surface area contributed by atoms with E-state index in [1.165, 1.54) is 0 Å². The number of hydrogen-bond acceptors (Lipinski definition) is 3. The number of nitrogens with zero attached hydrogens (tertiary/aromatic N) is 1. The molecule has 2 aromatic carbocycles. The van der Waals surface area contributed by atoms with Crippen molar-refractivity contribution in [2.24, 2.45) is 0 Å². The topological polar surface area (TPSA) is 58.6 Å². The third kappa shape index (κ3) is 6.40. The Morgan fingerprint density at radius 1 is 1.19 bits per heavy atom. The van der Waals surface area contributed by atoms with Gasteiger partial charge in [-0.25, -0.2) is 0 Å². The van der Waals surface area contributed by atoms with E-state index in [1.54, 1.807) is 11.8 Å². The first-order valence-corrected chi connectivity index (χ1v) is 9.71. The molecule has 5 nitrogen and oxygen atoms in total. The summed E-state index contributed by atoms with van der Waals surface area (Å²) in [5.41, 5.74) is 2.00. The van der Waals surface area contributed by atoms with E-state index in [-0.39, 0.29) is 18.4 Å². The van der Waals surface area contributed by atoms with E-state index in [0.717, 1.165) is 15.6 Å². The van der Waals surface area contributed by atoms with E-state index in [1.807, 2.05) is 62.4 Å². The van der Waals surface area contributed by atoms with Crippen molar-refractivity contribution in [2.75, 3.05) is 13.2 Å². The van der Waals surface area contributed by atoms with Crippen molar-refractivity contribution in [1.29, 1.82) is 0 Å². The number of carbonyl (C=O) groups excluding carboxylic acids is 2. The monoisotopic (exact) mass is 432 g/mol. The smallest absolute Gasteiger partial charge is 0.261 e. The van der Waals surface area contributed by atoms with Crippen LogP contribution in [0, 0.1) is 6.92 Å². The Labute approximate surface area is 168 Å². The average molecular weight is 433 g/mol. The number of ether oxygens (including phenoxy) is 1. The maximum atomic E-state index is 12.8. The van der Waals surface area contributed by atoms with Crippen LogP contribution in [0.5, 0.6) is 5.75 Å². The Morgan fingerprint density at radius 2 is 1.89 bits per heavy atom. The molecule has 2 aromatic rings. The minimum Gasteiger partial charge on any atom is -0.484 e. The molecular weight excluding hydrogens is 408 g/mol. The zero-order chi connectivity index (χ0) is 19.8. The molecular formula is C21H25BrN2O3. The highest BCUT2D eigenvalue weighted by molar-refractivity contribution is 9.10. The van der Waals surface area contributed by atoms with Crippen molar-refractivity contribution < 1.29 is 14.3 Å². The zero-order valence-electron chi connectivity index (χ0n) is 15.9. The Hall–Kier alpha value is -2.34. The normalized spacial score (nSPS) is 11.6. The molecule has 0 fully saturated rings. The lowest BCUT2D eigenvalue weighted by Crippen LogP contribution is -2.49. The first-order valence-electron chi connectivity index (χ1n) is 8.91. The van der Waals surface area contributed by atoms with Crippen LogP contribution >= 0.6 is 15.9 Å². The van der Waals surface area contributed by atoms with Crippen LogP contribution in [0.4, 0.5) is 0 Å². The number of amides is 2. The van der Waals surface area contributed by atoms with Gasteiger partial charge >= 0.3 is 0 Å². The molecule has 0 bridgehead atoms. The summed E-state index contributed by atoms with van der Waals surface area (Å²) in [4.78, 5) is 26.7. The van der Waals surface area contributed by atoms with Crippen LogP contribution < -0.4 is 10.1 Å². The number of hydrogen-bond donors (Lipinski definition) is 1. The predicted molar refractivity (Wildman–Crippen MR) is 110 cm³/mol. The lowest BCUT2D eigenvalue weighted by molar-refractivity contribution is -0.142. The molecule has 0 heterocycles. The average Bonchev–Trinajstić information content (AvgIpc) is 2.65. The fourth-order valence-electron chi connectivity index (χ4n) is 2.62. The summed E-state index contributed by atoms with van der Waals surface area (Å²) in [7, 11) is 0. The first kappa shape index (κ1) is 21.0. The van der Waals surface area contributed by atoms with E-state index in [4.69, 9.17) is 4.74 Å². The minimum absolute atomic E-state index is 0.121. The molecule has 144 valence electrons. The molecule has 0 saturated heterocycles. The van der Waals surface area contributed by atoms with Gasteiger partial charge < -0.3 is 15.0 Å². The Balaban J connectivity index is 2.12. The van der Waals surface area contributed by atoms with Crippen molar-refractivity contribution >= 4 is 27.7 Å². The quantitative estimate of drug-likeness (QED) is 0.691. The van der Waals surface area contributed by atoms with Gasteiger partial charge in [0.1, 0.15) is 11.8 Å². The van der Waals surface area contributed by atoms with Crippen molar-refractivity contribution in [2.45, 2.75) is 33.4 Å². The standard InChI is InChI=1S/C21H25BrN2O3/c1-4-23-21(26)16(3)24(13-17-8-10-18(22)11-9-17)20(25)14-27-19-7-5-6-15(2)12-19/h5-12,16H,4,13-14H2,1-3H3,(H,23,26)/t16-/m0/s1. The number of nitrogens with one attached hydrogen (secondary N) is 1. The molecule has 0 aliphatic rings. The largest absolute Gasteiger partial charge is 0.484 e. The number of likely N-dealkylation sites (N-methyl/N-ethyl adjacent to an activating group) is 1. The second-order valence-electron chi connectivity index (χ2n) is 6.32. The van der Waals surface area contributed by atoms with Gasteiger partial charge in [-0.15, -0.1) is 0 Å². The van der Waals surface area contributed by atoms with Crippen LogP contribution in [-0.2, 0) is 16.1 Å². The molecule has 6 heteroatoms. The lowest BCUT2D eigenvalue weighted by Gasteiger charge is -2.28. The molecule has 0 unspecified atom stereocenters. The second-order valence-corrected chi connectivity index (χ2v) is 7.24. The van der Waals surface area contributed by atoms with Crippen LogP contribution in [0.25, 0.3) is 0 Å². The highest BCUT2D eigenvalue weighted by atomic mass is 79.9. The van der Waals surface area contributed by atoms with Crippen LogP contribution in [-0.4, -0.2) is 35.9 Å². The number of carbonyl (C=O) groups is 2. The van der Waals surface area contributed by atoms with E-state index in [0.29, 0.717) is 18.8 Å². The Kier molecular flexibility index (Phi) is 7.85. The van der Waals surface area contributed by atoms with Gasteiger partial charge in [-0.1, -0.05) is 40.2 Å². The molecule has 27 heavy (non-hydrogen) atoms. The fraction of sp³-hybridized carbons (Fsp3) is 0.333. The number of aryl methyl sites for hydroxylation is 1. The van der Waals surface area contributed by atoms with E-state index < -0.39 is 6.04 Å². The molecule has 0 aromatic heterocycles. The van der Waals surface area contributed by atoms with Crippen molar-refractivity contribution in [3.8, 4) is 5.75 Å². The molecule has 1 atom stereocenters. The molecule has 1 N–H and O–H groups in total. The molecule has 2 rings (SSSR count). The van der Waals surface area contributed by atoms with E-state index >= 15 is 0 Å². The first-order chi connectivity index (χ1) is 12.9. The van der Waals surface area contributed by atoms with Gasteiger partial charge in [-0.2, -0.15) is 0 Å². The molecule has 2 amide bonds. The van der Waals surface area contributed by atoms with Gasteiger partial charge in [0.2, 0.25) is 5.91 Å². The van der Waals surface area contributed by atoms with Crippen LogP contribution in [0.2, 0.25) is 0 Å². The van der Waals surface area contributed by atoms with Gasteiger partial charge in [-0.05, 0) is 56.2 Å². The summed E-state index contributed by atoms with van der Waals surface area (Å²) in [6, 6.07) is 14.6. The number of benzene rings is 2. The molecule has 0 spiro atoms.